The highest BCUT2D eigenvalue weighted by molar-refractivity contribution is 7.99. The van der Waals surface area contributed by atoms with Crippen molar-refractivity contribution in [2.75, 3.05) is 11.5 Å². The predicted octanol–water partition coefficient (Wildman–Crippen LogP) is 2.33. The maximum atomic E-state index is 11.6. The number of nitrogens with one attached hydrogen (secondary N) is 1. The molecule has 20 heavy (non-hydrogen) atoms. The first kappa shape index (κ1) is 16.6. The van der Waals surface area contributed by atoms with E-state index in [-0.39, 0.29) is 18.4 Å². The molecular formula is C15H21NO3S. The molecule has 0 saturated carbocycles. The Morgan fingerprint density at radius 2 is 2.00 bits per heavy atom. The van der Waals surface area contributed by atoms with E-state index in [2.05, 4.69) is 17.4 Å². The van der Waals surface area contributed by atoms with Gasteiger partial charge in [-0.1, -0.05) is 30.3 Å². The minimum Gasteiger partial charge on any atom is -0.481 e. The molecule has 0 radical (unpaired) electrons. The summed E-state index contributed by atoms with van der Waals surface area (Å²) in [5, 5.41) is 11.4. The summed E-state index contributed by atoms with van der Waals surface area (Å²) in [5.74, 6) is 0.467. The second-order valence-electron chi connectivity index (χ2n) is 4.69. The first-order chi connectivity index (χ1) is 9.58. The van der Waals surface area contributed by atoms with Crippen molar-refractivity contribution in [3.63, 3.8) is 0 Å². The highest BCUT2D eigenvalue weighted by atomic mass is 32.2. The summed E-state index contributed by atoms with van der Waals surface area (Å²) in [6.45, 7) is 1.83. The molecule has 5 heteroatoms. The van der Waals surface area contributed by atoms with E-state index in [0.717, 1.165) is 12.2 Å². The van der Waals surface area contributed by atoms with Gasteiger partial charge in [-0.2, -0.15) is 11.8 Å². The second-order valence-corrected chi connectivity index (χ2v) is 5.79. The predicted molar refractivity (Wildman–Crippen MR) is 81.9 cm³/mol. The van der Waals surface area contributed by atoms with E-state index in [1.807, 2.05) is 25.1 Å². The smallest absolute Gasteiger partial charge is 0.303 e. The Hall–Kier alpha value is -1.49. The largest absolute Gasteiger partial charge is 0.481 e. The third-order valence-corrected chi connectivity index (χ3v) is 3.77. The van der Waals surface area contributed by atoms with Gasteiger partial charge in [-0.05, 0) is 31.1 Å². The number of carboxylic acid groups (broad SMARTS) is 1. The second kappa shape index (κ2) is 9.42. The Kier molecular flexibility index (Phi) is 7.80. The molecule has 110 valence electrons. The summed E-state index contributed by atoms with van der Waals surface area (Å²) in [6, 6.07) is 10.1. The van der Waals surface area contributed by atoms with Crippen LogP contribution in [-0.4, -0.2) is 34.5 Å². The third kappa shape index (κ3) is 7.84. The first-order valence-electron chi connectivity index (χ1n) is 6.70. The zero-order valence-corrected chi connectivity index (χ0v) is 12.5. The summed E-state index contributed by atoms with van der Waals surface area (Å²) in [6.07, 6.45) is 1.51. The molecule has 2 N–H and O–H groups in total. The molecule has 0 aliphatic heterocycles. The SMILES string of the molecule is CC(CCC(=O)O)NC(=O)CSCCc1ccccc1. The van der Waals surface area contributed by atoms with Crippen molar-refractivity contribution in [1.82, 2.24) is 5.32 Å². The van der Waals surface area contributed by atoms with Crippen LogP contribution in [0.5, 0.6) is 0 Å². The lowest BCUT2D eigenvalue weighted by Gasteiger charge is -2.12. The van der Waals surface area contributed by atoms with Gasteiger partial charge in [0, 0.05) is 12.5 Å². The van der Waals surface area contributed by atoms with E-state index >= 15 is 0 Å². The number of carboxylic acids is 1. The standard InChI is InChI=1S/C15H21NO3S/c1-12(7-8-15(18)19)16-14(17)11-20-10-9-13-5-3-2-4-6-13/h2-6,12H,7-11H2,1H3,(H,16,17)(H,18,19). The van der Waals surface area contributed by atoms with E-state index in [4.69, 9.17) is 5.11 Å². The third-order valence-electron chi connectivity index (χ3n) is 2.81. The number of hydrogen-bond donors (Lipinski definition) is 2. The minimum atomic E-state index is -0.830. The Balaban J connectivity index is 2.09. The summed E-state index contributed by atoms with van der Waals surface area (Å²) in [7, 11) is 0. The molecule has 4 nitrogen and oxygen atoms in total. The summed E-state index contributed by atoms with van der Waals surface area (Å²) < 4.78 is 0. The number of amides is 1. The molecule has 0 aliphatic rings. The van der Waals surface area contributed by atoms with Gasteiger partial charge in [0.05, 0.1) is 5.75 Å². The average Bonchev–Trinajstić information content (AvgIpc) is 2.42. The fourth-order valence-corrected chi connectivity index (χ4v) is 2.52. The molecule has 0 spiro atoms. The Morgan fingerprint density at radius 3 is 2.65 bits per heavy atom. The van der Waals surface area contributed by atoms with E-state index in [1.165, 1.54) is 5.56 Å². The molecule has 1 atom stereocenters. The van der Waals surface area contributed by atoms with Crippen LogP contribution in [0.15, 0.2) is 30.3 Å². The molecule has 1 aromatic carbocycles. The van der Waals surface area contributed by atoms with Crippen LogP contribution in [-0.2, 0) is 16.0 Å². The van der Waals surface area contributed by atoms with E-state index in [9.17, 15) is 9.59 Å². The molecule has 1 aromatic rings. The highest BCUT2D eigenvalue weighted by Gasteiger charge is 2.09. The van der Waals surface area contributed by atoms with Crippen LogP contribution in [0.4, 0.5) is 0 Å². The number of rotatable bonds is 9. The highest BCUT2D eigenvalue weighted by Crippen LogP contribution is 2.07. The minimum absolute atomic E-state index is 0.0269. The lowest BCUT2D eigenvalue weighted by atomic mass is 10.2. The number of hydrogen-bond acceptors (Lipinski definition) is 3. The number of thioether (sulfide) groups is 1. The molecule has 0 heterocycles. The number of carbonyl (C=O) groups is 2. The summed E-state index contributed by atoms with van der Waals surface area (Å²) >= 11 is 1.59. The fraction of sp³-hybridized carbons (Fsp3) is 0.467. The van der Waals surface area contributed by atoms with E-state index in [1.54, 1.807) is 11.8 Å². The van der Waals surface area contributed by atoms with Crippen LogP contribution < -0.4 is 5.32 Å². The van der Waals surface area contributed by atoms with Gasteiger partial charge in [0.1, 0.15) is 0 Å². The molecule has 1 amide bonds. The van der Waals surface area contributed by atoms with Gasteiger partial charge in [0.15, 0.2) is 0 Å². The number of aliphatic carboxylic acids is 1. The van der Waals surface area contributed by atoms with Crippen molar-refractivity contribution in [3.8, 4) is 0 Å². The molecular weight excluding hydrogens is 274 g/mol. The normalized spacial score (nSPS) is 11.8. The monoisotopic (exact) mass is 295 g/mol. The molecule has 1 unspecified atom stereocenters. The molecule has 0 saturated heterocycles. The molecule has 1 rings (SSSR count). The van der Waals surface area contributed by atoms with Crippen molar-refractivity contribution in [1.29, 1.82) is 0 Å². The zero-order chi connectivity index (χ0) is 14.8. The van der Waals surface area contributed by atoms with Crippen LogP contribution in [0.2, 0.25) is 0 Å². The summed E-state index contributed by atoms with van der Waals surface area (Å²) in [4.78, 5) is 22.0. The first-order valence-corrected chi connectivity index (χ1v) is 7.86. The van der Waals surface area contributed by atoms with Crippen molar-refractivity contribution in [2.45, 2.75) is 32.2 Å². The van der Waals surface area contributed by atoms with Gasteiger partial charge in [-0.15, -0.1) is 0 Å². The molecule has 0 fully saturated rings. The van der Waals surface area contributed by atoms with Crippen molar-refractivity contribution < 1.29 is 14.7 Å². The number of benzene rings is 1. The maximum absolute atomic E-state index is 11.6. The number of aryl methyl sites for hydroxylation is 1. The van der Waals surface area contributed by atoms with Crippen LogP contribution in [0.3, 0.4) is 0 Å². The quantitative estimate of drug-likeness (QED) is 0.686. The fourth-order valence-electron chi connectivity index (χ4n) is 1.73. The van der Waals surface area contributed by atoms with Crippen molar-refractivity contribution >= 4 is 23.6 Å². The Morgan fingerprint density at radius 1 is 1.30 bits per heavy atom. The van der Waals surface area contributed by atoms with Crippen LogP contribution >= 0.6 is 11.8 Å². The lowest BCUT2D eigenvalue weighted by Crippen LogP contribution is -2.34. The molecule has 0 aliphatic carbocycles. The van der Waals surface area contributed by atoms with Gasteiger partial charge in [-0.3, -0.25) is 9.59 Å². The van der Waals surface area contributed by atoms with E-state index < -0.39 is 5.97 Å². The maximum Gasteiger partial charge on any atom is 0.303 e. The average molecular weight is 295 g/mol. The number of carbonyl (C=O) groups excluding carboxylic acids is 1. The lowest BCUT2D eigenvalue weighted by molar-refractivity contribution is -0.137. The van der Waals surface area contributed by atoms with Gasteiger partial charge in [-0.25, -0.2) is 0 Å². The van der Waals surface area contributed by atoms with Gasteiger partial charge < -0.3 is 10.4 Å². The van der Waals surface area contributed by atoms with Crippen molar-refractivity contribution in [3.05, 3.63) is 35.9 Å². The Bertz CT molecular complexity index is 422. The van der Waals surface area contributed by atoms with Gasteiger partial charge in [0.2, 0.25) is 5.91 Å². The zero-order valence-electron chi connectivity index (χ0n) is 11.7. The van der Waals surface area contributed by atoms with Crippen LogP contribution in [0, 0.1) is 0 Å². The van der Waals surface area contributed by atoms with Gasteiger partial charge in [0.25, 0.3) is 0 Å². The summed E-state index contributed by atoms with van der Waals surface area (Å²) in [5.41, 5.74) is 1.27. The molecule has 0 bridgehead atoms. The van der Waals surface area contributed by atoms with Crippen LogP contribution in [0.25, 0.3) is 0 Å². The van der Waals surface area contributed by atoms with Gasteiger partial charge >= 0.3 is 5.97 Å². The topological polar surface area (TPSA) is 66.4 Å². The Labute approximate surface area is 124 Å². The van der Waals surface area contributed by atoms with Crippen molar-refractivity contribution in [2.24, 2.45) is 0 Å². The van der Waals surface area contributed by atoms with Crippen LogP contribution in [0.1, 0.15) is 25.3 Å². The molecule has 0 aromatic heterocycles. The van der Waals surface area contributed by atoms with E-state index in [0.29, 0.717) is 12.2 Å².